The summed E-state index contributed by atoms with van der Waals surface area (Å²) in [5.74, 6) is 1.22. The van der Waals surface area contributed by atoms with Crippen LogP contribution >= 0.6 is 0 Å². The molecule has 1 N–H and O–H groups in total. The second-order valence-corrected chi connectivity index (χ2v) is 7.00. The second-order valence-electron chi connectivity index (χ2n) is 7.00. The van der Waals surface area contributed by atoms with Crippen molar-refractivity contribution in [1.29, 1.82) is 0 Å². The van der Waals surface area contributed by atoms with Gasteiger partial charge < -0.3 is 14.8 Å². The second kappa shape index (κ2) is 6.82. The maximum atomic E-state index is 12.5. The van der Waals surface area contributed by atoms with Crippen molar-refractivity contribution in [2.45, 2.75) is 38.9 Å². The van der Waals surface area contributed by atoms with E-state index in [-0.39, 0.29) is 12.6 Å². The van der Waals surface area contributed by atoms with Crippen LogP contribution in [0.5, 0.6) is 0 Å². The van der Waals surface area contributed by atoms with Crippen molar-refractivity contribution in [3.8, 4) is 0 Å². The molecule has 0 amide bonds. The monoisotopic (exact) mass is 355 g/mol. The van der Waals surface area contributed by atoms with Gasteiger partial charge in [-0.1, -0.05) is 6.92 Å². The third kappa shape index (κ3) is 3.89. The van der Waals surface area contributed by atoms with E-state index in [1.807, 2.05) is 25.1 Å². The molecule has 0 bridgehead atoms. The number of aromatic nitrogens is 3. The topological polar surface area (TPSA) is 48.1 Å². The lowest BCUT2D eigenvalue weighted by molar-refractivity contribution is -0.138. The van der Waals surface area contributed by atoms with Gasteiger partial charge in [-0.15, -0.1) is 0 Å². The Labute approximate surface area is 145 Å². The standard InChI is InChI=1S/C17H24F3N5/c1-11-4-6-25(7-5-17(18,19)20)9-13(11)24(3)16-14-12(2)8-21-15(14)22-10-23-16/h8,10-11,13H,4-7,9H2,1-3H3,(H,21,22,23)/t11-,13+/m1/s1. The maximum absolute atomic E-state index is 12.5. The predicted molar refractivity (Wildman–Crippen MR) is 91.7 cm³/mol. The Morgan fingerprint density at radius 3 is 2.84 bits per heavy atom. The van der Waals surface area contributed by atoms with E-state index in [0.29, 0.717) is 19.0 Å². The molecule has 2 atom stereocenters. The molecule has 0 unspecified atom stereocenters. The van der Waals surface area contributed by atoms with Crippen LogP contribution in [0.3, 0.4) is 0 Å². The van der Waals surface area contributed by atoms with Gasteiger partial charge in [-0.25, -0.2) is 9.97 Å². The molecule has 0 radical (unpaired) electrons. The zero-order valence-electron chi connectivity index (χ0n) is 14.8. The number of aromatic amines is 1. The molecule has 1 aliphatic heterocycles. The highest BCUT2D eigenvalue weighted by molar-refractivity contribution is 5.90. The van der Waals surface area contributed by atoms with Crippen LogP contribution in [0, 0.1) is 12.8 Å². The number of halogens is 3. The summed E-state index contributed by atoms with van der Waals surface area (Å²) in [6.45, 7) is 5.54. The van der Waals surface area contributed by atoms with Gasteiger partial charge in [-0.05, 0) is 31.4 Å². The minimum atomic E-state index is -4.11. The van der Waals surface area contributed by atoms with Gasteiger partial charge in [0.1, 0.15) is 17.8 Å². The SMILES string of the molecule is Cc1c[nH]c2ncnc(N(C)[C@H]3CN(CCC(F)(F)F)CC[C@H]3C)c12. The zero-order valence-corrected chi connectivity index (χ0v) is 14.8. The first-order valence-corrected chi connectivity index (χ1v) is 8.57. The lowest BCUT2D eigenvalue weighted by atomic mass is 9.92. The first-order valence-electron chi connectivity index (χ1n) is 8.57. The Hall–Kier alpha value is -1.83. The molecule has 2 aromatic rings. The molecule has 138 valence electrons. The highest BCUT2D eigenvalue weighted by Gasteiger charge is 2.33. The fraction of sp³-hybridized carbons (Fsp3) is 0.647. The van der Waals surface area contributed by atoms with Crippen molar-refractivity contribution in [2.24, 2.45) is 5.92 Å². The Bertz CT molecular complexity index is 727. The molecule has 0 saturated carbocycles. The molecule has 3 rings (SSSR count). The van der Waals surface area contributed by atoms with Crippen LogP contribution in [0.1, 0.15) is 25.3 Å². The van der Waals surface area contributed by atoms with Gasteiger partial charge in [-0.2, -0.15) is 13.2 Å². The molecule has 1 fully saturated rings. The number of rotatable bonds is 4. The van der Waals surface area contributed by atoms with Crippen LogP contribution in [-0.4, -0.2) is 58.8 Å². The summed E-state index contributed by atoms with van der Waals surface area (Å²) in [6.07, 6.45) is -0.555. The van der Waals surface area contributed by atoms with Gasteiger partial charge in [0.2, 0.25) is 0 Å². The molecular formula is C17H24F3N5. The van der Waals surface area contributed by atoms with Gasteiger partial charge in [0.15, 0.2) is 0 Å². The lowest BCUT2D eigenvalue weighted by Gasteiger charge is -2.42. The van der Waals surface area contributed by atoms with Crippen LogP contribution in [0.2, 0.25) is 0 Å². The number of aryl methyl sites for hydroxylation is 1. The third-order valence-corrected chi connectivity index (χ3v) is 5.19. The van der Waals surface area contributed by atoms with Gasteiger partial charge in [-0.3, -0.25) is 0 Å². The summed E-state index contributed by atoms with van der Waals surface area (Å²) in [5, 5.41) is 0.976. The number of hydrogen-bond donors (Lipinski definition) is 1. The van der Waals surface area contributed by atoms with Crippen molar-refractivity contribution in [2.75, 3.05) is 31.6 Å². The predicted octanol–water partition coefficient (Wildman–Crippen LogP) is 3.37. The van der Waals surface area contributed by atoms with E-state index < -0.39 is 12.6 Å². The Morgan fingerprint density at radius 2 is 2.12 bits per heavy atom. The summed E-state index contributed by atoms with van der Waals surface area (Å²) in [4.78, 5) is 15.9. The van der Waals surface area contributed by atoms with Gasteiger partial charge in [0, 0.05) is 32.4 Å². The van der Waals surface area contributed by atoms with Gasteiger partial charge in [0.05, 0.1) is 11.8 Å². The molecule has 5 nitrogen and oxygen atoms in total. The number of piperidine rings is 1. The van der Waals surface area contributed by atoms with E-state index in [4.69, 9.17) is 0 Å². The van der Waals surface area contributed by atoms with Crippen molar-refractivity contribution in [1.82, 2.24) is 19.9 Å². The minimum absolute atomic E-state index is 0.0585. The normalized spacial score (nSPS) is 22.5. The maximum Gasteiger partial charge on any atom is 0.390 e. The van der Waals surface area contributed by atoms with E-state index in [1.54, 1.807) is 0 Å². The van der Waals surface area contributed by atoms with Crippen molar-refractivity contribution in [3.63, 3.8) is 0 Å². The molecule has 1 saturated heterocycles. The van der Waals surface area contributed by atoms with E-state index in [2.05, 4.69) is 26.8 Å². The highest BCUT2D eigenvalue weighted by Crippen LogP contribution is 2.31. The molecule has 25 heavy (non-hydrogen) atoms. The number of likely N-dealkylation sites (tertiary alicyclic amines) is 1. The largest absolute Gasteiger partial charge is 0.390 e. The van der Waals surface area contributed by atoms with E-state index in [1.165, 1.54) is 6.33 Å². The summed E-state index contributed by atoms with van der Waals surface area (Å²) in [6, 6.07) is 0.120. The fourth-order valence-corrected chi connectivity index (χ4v) is 3.63. The Morgan fingerprint density at radius 1 is 1.36 bits per heavy atom. The zero-order chi connectivity index (χ0) is 18.2. The van der Waals surface area contributed by atoms with Gasteiger partial charge in [0.25, 0.3) is 0 Å². The van der Waals surface area contributed by atoms with Crippen LogP contribution in [-0.2, 0) is 0 Å². The van der Waals surface area contributed by atoms with E-state index in [9.17, 15) is 13.2 Å². The fourth-order valence-electron chi connectivity index (χ4n) is 3.63. The Balaban J connectivity index is 1.79. The van der Waals surface area contributed by atoms with E-state index in [0.717, 1.165) is 28.8 Å². The number of hydrogen-bond acceptors (Lipinski definition) is 4. The van der Waals surface area contributed by atoms with Crippen molar-refractivity contribution < 1.29 is 13.2 Å². The number of likely N-dealkylation sites (N-methyl/N-ethyl adjacent to an activating group) is 1. The molecule has 0 aromatic carbocycles. The van der Waals surface area contributed by atoms with Crippen molar-refractivity contribution in [3.05, 3.63) is 18.1 Å². The van der Waals surface area contributed by atoms with Crippen LogP contribution in [0.25, 0.3) is 11.0 Å². The summed E-state index contributed by atoms with van der Waals surface area (Å²) < 4.78 is 37.6. The number of nitrogens with zero attached hydrogens (tertiary/aromatic N) is 4. The summed E-state index contributed by atoms with van der Waals surface area (Å²) in [7, 11) is 1.97. The number of fused-ring (bicyclic) bond motifs is 1. The molecular weight excluding hydrogens is 331 g/mol. The molecule has 1 aliphatic rings. The quantitative estimate of drug-likeness (QED) is 0.914. The molecule has 0 spiro atoms. The smallest absolute Gasteiger partial charge is 0.354 e. The average Bonchev–Trinajstić information content (AvgIpc) is 2.94. The van der Waals surface area contributed by atoms with Crippen LogP contribution < -0.4 is 4.90 Å². The Kier molecular flexibility index (Phi) is 4.90. The molecule has 3 heterocycles. The lowest BCUT2D eigenvalue weighted by Crippen LogP contribution is -2.51. The average molecular weight is 355 g/mol. The highest BCUT2D eigenvalue weighted by atomic mass is 19.4. The van der Waals surface area contributed by atoms with E-state index >= 15 is 0 Å². The first kappa shape index (κ1) is 18.0. The molecule has 2 aromatic heterocycles. The third-order valence-electron chi connectivity index (χ3n) is 5.19. The van der Waals surface area contributed by atoms with Crippen molar-refractivity contribution >= 4 is 16.9 Å². The number of anilines is 1. The summed E-state index contributed by atoms with van der Waals surface area (Å²) in [5.41, 5.74) is 1.85. The number of nitrogens with one attached hydrogen (secondary N) is 1. The minimum Gasteiger partial charge on any atom is -0.354 e. The van der Waals surface area contributed by atoms with Gasteiger partial charge >= 0.3 is 6.18 Å². The summed E-state index contributed by atoms with van der Waals surface area (Å²) >= 11 is 0. The molecule has 0 aliphatic carbocycles. The first-order chi connectivity index (χ1) is 11.8. The van der Waals surface area contributed by atoms with Crippen LogP contribution in [0.4, 0.5) is 19.0 Å². The number of H-pyrrole nitrogens is 1. The van der Waals surface area contributed by atoms with Crippen LogP contribution in [0.15, 0.2) is 12.5 Å². The number of alkyl halides is 3. The molecule has 8 heteroatoms.